The number of hydrogen-bond donors (Lipinski definition) is 0. The number of thioether (sulfide) groups is 2. The minimum Gasteiger partial charge on any atom is -0.496 e. The summed E-state index contributed by atoms with van der Waals surface area (Å²) in [5.74, 6) is 2.91. The van der Waals surface area contributed by atoms with E-state index in [0.717, 1.165) is 31.1 Å². The van der Waals surface area contributed by atoms with Crippen LogP contribution in [0.2, 0.25) is 0 Å². The van der Waals surface area contributed by atoms with Gasteiger partial charge in [0.2, 0.25) is 0 Å². The van der Waals surface area contributed by atoms with Crippen LogP contribution < -0.4 is 9.47 Å². The van der Waals surface area contributed by atoms with Crippen molar-refractivity contribution >= 4 is 35.3 Å². The van der Waals surface area contributed by atoms with Crippen molar-refractivity contribution in [1.29, 1.82) is 0 Å². The second kappa shape index (κ2) is 10.9. The van der Waals surface area contributed by atoms with E-state index in [1.807, 2.05) is 12.1 Å². The molecule has 0 aliphatic heterocycles. The van der Waals surface area contributed by atoms with Crippen LogP contribution in [0.15, 0.2) is 56.0 Å². The summed E-state index contributed by atoms with van der Waals surface area (Å²) in [6.07, 6.45) is 0. The second-order valence-electron chi connectivity index (χ2n) is 4.83. The number of ether oxygens (including phenoxy) is 4. The predicted molar refractivity (Wildman–Crippen MR) is 106 cm³/mol. The molecule has 0 unspecified atom stereocenters. The Morgan fingerprint density at radius 3 is 1.48 bits per heavy atom. The zero-order valence-electron chi connectivity index (χ0n) is 14.7. The van der Waals surface area contributed by atoms with Gasteiger partial charge in [-0.3, -0.25) is 0 Å². The van der Waals surface area contributed by atoms with Gasteiger partial charge in [-0.15, -0.1) is 0 Å². The molecule has 136 valence electrons. The molecule has 0 aliphatic carbocycles. The summed E-state index contributed by atoms with van der Waals surface area (Å²) in [6, 6.07) is 12.3. The van der Waals surface area contributed by atoms with Gasteiger partial charge in [-0.1, -0.05) is 35.3 Å². The van der Waals surface area contributed by atoms with Gasteiger partial charge in [0.25, 0.3) is 0 Å². The molecule has 2 aromatic carbocycles. The Morgan fingerprint density at radius 1 is 0.680 bits per heavy atom. The van der Waals surface area contributed by atoms with Crippen LogP contribution in [0.3, 0.4) is 0 Å². The fourth-order valence-corrected chi connectivity index (χ4v) is 4.23. The first-order valence-electron chi connectivity index (χ1n) is 7.49. The normalized spacial score (nSPS) is 10.7. The quantitative estimate of drug-likeness (QED) is 0.400. The highest BCUT2D eigenvalue weighted by Crippen LogP contribution is 2.42. The first kappa shape index (κ1) is 20.3. The molecule has 0 amide bonds. The number of benzene rings is 2. The van der Waals surface area contributed by atoms with Crippen molar-refractivity contribution in [3.05, 3.63) is 36.4 Å². The summed E-state index contributed by atoms with van der Waals surface area (Å²) in [7, 11) is 6.75. The maximum atomic E-state index is 5.55. The molecule has 0 atom stereocenters. The van der Waals surface area contributed by atoms with Crippen molar-refractivity contribution in [2.24, 2.45) is 0 Å². The van der Waals surface area contributed by atoms with E-state index in [0.29, 0.717) is 11.9 Å². The highest BCUT2D eigenvalue weighted by molar-refractivity contribution is 8.00. The third kappa shape index (κ3) is 6.04. The molecule has 0 saturated carbocycles. The maximum absolute atomic E-state index is 5.55. The predicted octanol–water partition coefficient (Wildman–Crippen LogP) is 5.25. The van der Waals surface area contributed by atoms with Gasteiger partial charge in [-0.2, -0.15) is 0 Å². The summed E-state index contributed by atoms with van der Waals surface area (Å²) >= 11 is 4.89. The third-order valence-corrected chi connectivity index (χ3v) is 6.17. The van der Waals surface area contributed by atoms with Gasteiger partial charge in [0, 0.05) is 24.0 Å². The Morgan fingerprint density at radius 2 is 1.12 bits per heavy atom. The monoisotopic (exact) mass is 398 g/mol. The van der Waals surface area contributed by atoms with Gasteiger partial charge in [-0.25, -0.2) is 0 Å². The molecule has 2 rings (SSSR count). The van der Waals surface area contributed by atoms with E-state index in [4.69, 9.17) is 18.9 Å². The lowest BCUT2D eigenvalue weighted by Gasteiger charge is -2.13. The standard InChI is InChI=1S/C18H22O4S3/c1-19-11-23-13-5-7-17(15(9-13)21-3)25-18-8-6-14(24-12-20-2)10-16(18)22-4/h5-10H,11-12H2,1-4H3. The molecular formula is C18H22O4S3. The fraction of sp³-hybridized carbons (Fsp3) is 0.333. The summed E-state index contributed by atoms with van der Waals surface area (Å²) in [4.78, 5) is 4.31. The SMILES string of the molecule is COCSc1ccc(Sc2ccc(SCOC)cc2OC)c(OC)c1. The Kier molecular flexibility index (Phi) is 8.84. The summed E-state index contributed by atoms with van der Waals surface area (Å²) in [6.45, 7) is 0. The van der Waals surface area contributed by atoms with E-state index >= 15 is 0 Å². The molecule has 2 aromatic rings. The average molecular weight is 399 g/mol. The van der Waals surface area contributed by atoms with Gasteiger partial charge in [0.15, 0.2) is 0 Å². The van der Waals surface area contributed by atoms with E-state index in [1.54, 1.807) is 63.7 Å². The fourth-order valence-electron chi connectivity index (χ4n) is 2.02. The van der Waals surface area contributed by atoms with E-state index in [2.05, 4.69) is 24.3 Å². The zero-order valence-corrected chi connectivity index (χ0v) is 17.2. The van der Waals surface area contributed by atoms with Crippen molar-refractivity contribution in [1.82, 2.24) is 0 Å². The van der Waals surface area contributed by atoms with Gasteiger partial charge < -0.3 is 18.9 Å². The number of methoxy groups -OCH3 is 4. The van der Waals surface area contributed by atoms with E-state index in [-0.39, 0.29) is 0 Å². The highest BCUT2D eigenvalue weighted by atomic mass is 32.2. The van der Waals surface area contributed by atoms with Crippen LogP contribution in [0, 0.1) is 0 Å². The van der Waals surface area contributed by atoms with Crippen LogP contribution in [0.25, 0.3) is 0 Å². The van der Waals surface area contributed by atoms with Gasteiger partial charge in [-0.05, 0) is 36.4 Å². The minimum atomic E-state index is 0.615. The molecule has 0 N–H and O–H groups in total. The average Bonchev–Trinajstić information content (AvgIpc) is 2.66. The van der Waals surface area contributed by atoms with Crippen LogP contribution in [-0.2, 0) is 9.47 Å². The van der Waals surface area contributed by atoms with Gasteiger partial charge in [0.05, 0.1) is 35.9 Å². The van der Waals surface area contributed by atoms with E-state index in [1.165, 1.54) is 0 Å². The molecule has 0 aromatic heterocycles. The number of rotatable bonds is 10. The van der Waals surface area contributed by atoms with Crippen LogP contribution in [0.4, 0.5) is 0 Å². The van der Waals surface area contributed by atoms with E-state index < -0.39 is 0 Å². The van der Waals surface area contributed by atoms with Crippen molar-refractivity contribution in [3.63, 3.8) is 0 Å². The van der Waals surface area contributed by atoms with E-state index in [9.17, 15) is 0 Å². The summed E-state index contributed by atoms with van der Waals surface area (Å²) in [5, 5.41) is 0. The number of hydrogen-bond acceptors (Lipinski definition) is 7. The molecule has 0 spiro atoms. The molecule has 0 radical (unpaired) electrons. The first-order chi connectivity index (χ1) is 12.2. The van der Waals surface area contributed by atoms with Crippen molar-refractivity contribution < 1.29 is 18.9 Å². The van der Waals surface area contributed by atoms with Crippen molar-refractivity contribution in [2.45, 2.75) is 19.6 Å². The Balaban J connectivity index is 2.20. The molecule has 7 heteroatoms. The molecule has 0 saturated heterocycles. The summed E-state index contributed by atoms with van der Waals surface area (Å²) < 4.78 is 21.3. The lowest BCUT2D eigenvalue weighted by molar-refractivity contribution is 0.259. The Bertz CT molecular complexity index is 622. The Hall–Kier alpha value is -0.990. The van der Waals surface area contributed by atoms with Crippen molar-refractivity contribution in [2.75, 3.05) is 40.3 Å². The third-order valence-electron chi connectivity index (χ3n) is 3.18. The largest absolute Gasteiger partial charge is 0.496 e. The van der Waals surface area contributed by atoms with Gasteiger partial charge >= 0.3 is 0 Å². The second-order valence-corrected chi connectivity index (χ2v) is 7.90. The van der Waals surface area contributed by atoms with Crippen LogP contribution >= 0.6 is 35.3 Å². The first-order valence-corrected chi connectivity index (χ1v) is 10.3. The smallest absolute Gasteiger partial charge is 0.133 e. The van der Waals surface area contributed by atoms with Crippen LogP contribution in [0.5, 0.6) is 11.5 Å². The highest BCUT2D eigenvalue weighted by Gasteiger charge is 2.11. The van der Waals surface area contributed by atoms with Crippen LogP contribution in [-0.4, -0.2) is 40.3 Å². The van der Waals surface area contributed by atoms with Gasteiger partial charge in [0.1, 0.15) is 11.5 Å². The lowest BCUT2D eigenvalue weighted by Crippen LogP contribution is -1.91. The molecule has 25 heavy (non-hydrogen) atoms. The molecule has 0 heterocycles. The molecule has 0 bridgehead atoms. The minimum absolute atomic E-state index is 0.615. The Labute approximate surface area is 162 Å². The molecule has 0 fully saturated rings. The maximum Gasteiger partial charge on any atom is 0.133 e. The molecular weight excluding hydrogens is 376 g/mol. The summed E-state index contributed by atoms with van der Waals surface area (Å²) in [5.41, 5.74) is 0. The zero-order chi connectivity index (χ0) is 18.1. The van der Waals surface area contributed by atoms with Crippen molar-refractivity contribution in [3.8, 4) is 11.5 Å². The lowest BCUT2D eigenvalue weighted by atomic mass is 10.3. The molecule has 0 aliphatic rings. The van der Waals surface area contributed by atoms with Crippen LogP contribution in [0.1, 0.15) is 0 Å². The topological polar surface area (TPSA) is 36.9 Å². The molecule has 4 nitrogen and oxygen atoms in total.